The summed E-state index contributed by atoms with van der Waals surface area (Å²) in [6, 6.07) is 4.08. The Balaban J connectivity index is 1.69. The van der Waals surface area contributed by atoms with Gasteiger partial charge in [-0.15, -0.1) is 0 Å². The SMILES string of the molecule is N#Cc1cc(C(=O)NC2CCCOC2)cc2nc(C(F)(F)F)c(CC3CCC(F)(F)CC3)n12. The number of halogens is 5. The molecule has 1 atom stereocenters. The normalized spacial score (nSPS) is 21.6. The van der Waals surface area contributed by atoms with Crippen LogP contribution in [-0.4, -0.2) is 40.5 Å². The molecule has 1 aliphatic heterocycles. The lowest BCUT2D eigenvalue weighted by Gasteiger charge is -2.28. The predicted molar refractivity (Wildman–Crippen MR) is 107 cm³/mol. The fraction of sp³-hybridized carbons (Fsp3) is 0.591. The minimum atomic E-state index is -4.80. The second-order valence-corrected chi connectivity index (χ2v) is 8.73. The number of nitriles is 1. The average molecular weight is 470 g/mol. The second kappa shape index (κ2) is 8.89. The molecule has 1 unspecified atom stereocenters. The van der Waals surface area contributed by atoms with Gasteiger partial charge in [0.15, 0.2) is 5.69 Å². The van der Waals surface area contributed by atoms with Crippen LogP contribution >= 0.6 is 0 Å². The van der Waals surface area contributed by atoms with E-state index < -0.39 is 23.7 Å². The number of nitrogens with one attached hydrogen (secondary N) is 1. The summed E-state index contributed by atoms with van der Waals surface area (Å²) in [5.41, 5.74) is -1.72. The number of ether oxygens (including phenoxy) is 1. The molecule has 0 bridgehead atoms. The minimum Gasteiger partial charge on any atom is -0.379 e. The first-order chi connectivity index (χ1) is 15.6. The molecule has 1 saturated carbocycles. The van der Waals surface area contributed by atoms with Crippen molar-refractivity contribution in [2.75, 3.05) is 13.2 Å². The number of nitrogens with zero attached hydrogens (tertiary/aromatic N) is 3. The van der Waals surface area contributed by atoms with Gasteiger partial charge in [-0.25, -0.2) is 13.8 Å². The van der Waals surface area contributed by atoms with Gasteiger partial charge in [-0.2, -0.15) is 18.4 Å². The lowest BCUT2D eigenvalue weighted by atomic mass is 9.83. The summed E-state index contributed by atoms with van der Waals surface area (Å²) in [7, 11) is 0. The highest BCUT2D eigenvalue weighted by atomic mass is 19.4. The molecule has 1 N–H and O–H groups in total. The van der Waals surface area contributed by atoms with Gasteiger partial charge < -0.3 is 10.1 Å². The number of rotatable bonds is 4. The quantitative estimate of drug-likeness (QED) is 0.668. The van der Waals surface area contributed by atoms with Gasteiger partial charge >= 0.3 is 6.18 Å². The Morgan fingerprint density at radius 2 is 2.00 bits per heavy atom. The molecule has 3 heterocycles. The van der Waals surface area contributed by atoms with Gasteiger partial charge in [0, 0.05) is 25.0 Å². The molecule has 2 aliphatic rings. The van der Waals surface area contributed by atoms with Crippen molar-refractivity contribution in [3.8, 4) is 6.07 Å². The van der Waals surface area contributed by atoms with Crippen molar-refractivity contribution < 1.29 is 31.5 Å². The molecular formula is C22H23F5N4O2. The number of aromatic nitrogens is 2. The summed E-state index contributed by atoms with van der Waals surface area (Å²) >= 11 is 0. The standard InChI is InChI=1S/C22H23F5N4O2/c23-21(24)5-3-13(4-6-21)8-17-19(22(25,26)27)30-18-10-14(9-16(11-28)31(17)18)20(32)29-15-2-1-7-33-12-15/h9-10,13,15H,1-8,12H2,(H,29,32). The molecule has 178 valence electrons. The fourth-order valence-electron chi connectivity index (χ4n) is 4.56. The zero-order chi connectivity index (χ0) is 23.8. The monoisotopic (exact) mass is 470 g/mol. The van der Waals surface area contributed by atoms with Crippen LogP contribution < -0.4 is 5.32 Å². The van der Waals surface area contributed by atoms with E-state index in [1.54, 1.807) is 0 Å². The number of fused-ring (bicyclic) bond motifs is 1. The number of hydrogen-bond donors (Lipinski definition) is 1. The summed E-state index contributed by atoms with van der Waals surface area (Å²) in [6.45, 7) is 0.942. The first-order valence-corrected chi connectivity index (χ1v) is 10.9. The highest BCUT2D eigenvalue weighted by molar-refractivity contribution is 5.95. The summed E-state index contributed by atoms with van der Waals surface area (Å²) < 4.78 is 74.8. The number of imidazole rings is 1. The lowest BCUT2D eigenvalue weighted by Crippen LogP contribution is -2.40. The molecule has 33 heavy (non-hydrogen) atoms. The van der Waals surface area contributed by atoms with Gasteiger partial charge in [0.05, 0.1) is 18.3 Å². The number of carbonyl (C=O) groups is 1. The van der Waals surface area contributed by atoms with Crippen molar-refractivity contribution in [1.29, 1.82) is 5.26 Å². The van der Waals surface area contributed by atoms with E-state index in [4.69, 9.17) is 4.74 Å². The second-order valence-electron chi connectivity index (χ2n) is 8.73. The van der Waals surface area contributed by atoms with Crippen molar-refractivity contribution in [2.24, 2.45) is 5.92 Å². The number of alkyl halides is 5. The van der Waals surface area contributed by atoms with Gasteiger partial charge in [0.2, 0.25) is 5.92 Å². The fourth-order valence-corrected chi connectivity index (χ4v) is 4.56. The van der Waals surface area contributed by atoms with E-state index in [2.05, 4.69) is 10.3 Å². The molecule has 6 nitrogen and oxygen atoms in total. The Hall–Kier alpha value is -2.74. The molecular weight excluding hydrogens is 447 g/mol. The van der Waals surface area contributed by atoms with Crippen LogP contribution in [0.5, 0.6) is 0 Å². The van der Waals surface area contributed by atoms with E-state index in [9.17, 15) is 32.0 Å². The van der Waals surface area contributed by atoms with Gasteiger partial charge in [-0.1, -0.05) is 0 Å². The van der Waals surface area contributed by atoms with Crippen LogP contribution in [-0.2, 0) is 17.3 Å². The third kappa shape index (κ3) is 5.11. The highest BCUT2D eigenvalue weighted by Crippen LogP contribution is 2.40. The van der Waals surface area contributed by atoms with Crippen molar-refractivity contribution in [2.45, 2.75) is 63.1 Å². The van der Waals surface area contributed by atoms with Gasteiger partial charge in [0.1, 0.15) is 17.4 Å². The van der Waals surface area contributed by atoms with Crippen LogP contribution in [0, 0.1) is 17.2 Å². The topological polar surface area (TPSA) is 79.4 Å². The maximum absolute atomic E-state index is 13.8. The minimum absolute atomic E-state index is 0.0206. The smallest absolute Gasteiger partial charge is 0.379 e. The summed E-state index contributed by atoms with van der Waals surface area (Å²) in [4.78, 5) is 16.4. The Morgan fingerprint density at radius 3 is 2.61 bits per heavy atom. The number of carbonyl (C=O) groups excluding carboxylic acids is 1. The summed E-state index contributed by atoms with van der Waals surface area (Å²) in [5, 5.41) is 12.4. The molecule has 1 saturated heterocycles. The zero-order valence-corrected chi connectivity index (χ0v) is 17.7. The molecule has 0 spiro atoms. The number of pyridine rings is 1. The molecule has 4 rings (SSSR count). The molecule has 1 aliphatic carbocycles. The van der Waals surface area contributed by atoms with Crippen molar-refractivity contribution in [3.63, 3.8) is 0 Å². The summed E-state index contributed by atoms with van der Waals surface area (Å²) in [6.07, 6.45) is -4.02. The molecule has 2 fully saturated rings. The van der Waals surface area contributed by atoms with Crippen LogP contribution in [0.15, 0.2) is 12.1 Å². The third-order valence-corrected chi connectivity index (χ3v) is 6.28. The Labute approximate surface area is 186 Å². The van der Waals surface area contributed by atoms with Crippen molar-refractivity contribution >= 4 is 11.6 Å². The first-order valence-electron chi connectivity index (χ1n) is 10.9. The molecule has 1 amide bonds. The largest absolute Gasteiger partial charge is 0.435 e. The highest BCUT2D eigenvalue weighted by Gasteiger charge is 2.41. The Kier molecular flexibility index (Phi) is 6.31. The molecule has 0 aromatic carbocycles. The van der Waals surface area contributed by atoms with Crippen LogP contribution in [0.3, 0.4) is 0 Å². The van der Waals surface area contributed by atoms with Crippen LogP contribution in [0.4, 0.5) is 22.0 Å². The van der Waals surface area contributed by atoms with Crippen LogP contribution in [0.25, 0.3) is 5.65 Å². The molecule has 11 heteroatoms. The third-order valence-electron chi connectivity index (χ3n) is 6.28. The van der Waals surface area contributed by atoms with E-state index in [0.29, 0.717) is 19.6 Å². The van der Waals surface area contributed by atoms with Gasteiger partial charge in [-0.3, -0.25) is 9.20 Å². The number of hydrogen-bond acceptors (Lipinski definition) is 4. The van der Waals surface area contributed by atoms with Crippen LogP contribution in [0.2, 0.25) is 0 Å². The molecule has 2 aromatic rings. The van der Waals surface area contributed by atoms with E-state index in [1.165, 1.54) is 12.1 Å². The zero-order valence-electron chi connectivity index (χ0n) is 17.7. The van der Waals surface area contributed by atoms with Crippen LogP contribution in [0.1, 0.15) is 66.0 Å². The predicted octanol–water partition coefficient (Wildman–Crippen LogP) is 4.50. The van der Waals surface area contributed by atoms with Crippen molar-refractivity contribution in [3.05, 3.63) is 34.8 Å². The van der Waals surface area contributed by atoms with E-state index in [-0.39, 0.29) is 66.7 Å². The van der Waals surface area contributed by atoms with E-state index >= 15 is 0 Å². The Morgan fingerprint density at radius 1 is 1.27 bits per heavy atom. The van der Waals surface area contributed by atoms with Gasteiger partial charge in [-0.05, 0) is 50.2 Å². The number of amides is 1. The van der Waals surface area contributed by atoms with Gasteiger partial charge in [0.25, 0.3) is 5.91 Å². The summed E-state index contributed by atoms with van der Waals surface area (Å²) in [5.74, 6) is -3.71. The maximum atomic E-state index is 13.8. The van der Waals surface area contributed by atoms with E-state index in [0.717, 1.165) is 10.8 Å². The Bertz CT molecular complexity index is 1070. The molecule has 0 radical (unpaired) electrons. The van der Waals surface area contributed by atoms with Crippen molar-refractivity contribution in [1.82, 2.24) is 14.7 Å². The first kappa shape index (κ1) is 23.4. The van der Waals surface area contributed by atoms with E-state index in [1.807, 2.05) is 6.07 Å². The molecule has 2 aromatic heterocycles. The lowest BCUT2D eigenvalue weighted by molar-refractivity contribution is -0.141. The maximum Gasteiger partial charge on any atom is 0.435 e. The average Bonchev–Trinajstić information content (AvgIpc) is 3.14.